The standard InChI is InChI=1S/C27H31N3O3/c1-3-4-5-8-14-29-17-24(31)30-23(27(29)32)16-21-20-12-6-7-13-22(20)28-25(21)26(30)18-10-9-11-19(15-18)33-2/h6-7,9-13,15,23,26,28H,3-5,8,14,16-17H2,1-2H3/t23-,26?/m0/s1. The molecule has 0 aliphatic carbocycles. The van der Waals surface area contributed by atoms with Gasteiger partial charge >= 0.3 is 0 Å². The molecule has 1 unspecified atom stereocenters. The van der Waals surface area contributed by atoms with E-state index in [1.807, 2.05) is 41.3 Å². The van der Waals surface area contributed by atoms with E-state index in [1.165, 1.54) is 0 Å². The molecule has 3 heterocycles. The van der Waals surface area contributed by atoms with Gasteiger partial charge in [-0.1, -0.05) is 56.5 Å². The van der Waals surface area contributed by atoms with Gasteiger partial charge in [-0.2, -0.15) is 0 Å². The van der Waals surface area contributed by atoms with Crippen molar-refractivity contribution in [3.8, 4) is 5.75 Å². The number of amides is 2. The first-order valence-electron chi connectivity index (χ1n) is 12.0. The highest BCUT2D eigenvalue weighted by atomic mass is 16.5. The van der Waals surface area contributed by atoms with Crippen molar-refractivity contribution in [1.82, 2.24) is 14.8 Å². The lowest BCUT2D eigenvalue weighted by Gasteiger charge is -2.47. The summed E-state index contributed by atoms with van der Waals surface area (Å²) < 4.78 is 5.47. The molecule has 3 aromatic rings. The van der Waals surface area contributed by atoms with Crippen molar-refractivity contribution < 1.29 is 14.3 Å². The van der Waals surface area contributed by atoms with E-state index < -0.39 is 6.04 Å². The van der Waals surface area contributed by atoms with E-state index in [0.717, 1.165) is 59.2 Å². The average molecular weight is 446 g/mol. The number of H-pyrrole nitrogens is 1. The largest absolute Gasteiger partial charge is 0.497 e. The van der Waals surface area contributed by atoms with Crippen molar-refractivity contribution in [2.24, 2.45) is 0 Å². The number of carbonyl (C=O) groups is 2. The minimum atomic E-state index is -0.486. The summed E-state index contributed by atoms with van der Waals surface area (Å²) in [5.41, 5.74) is 4.11. The molecule has 2 aliphatic heterocycles. The second-order valence-electron chi connectivity index (χ2n) is 9.08. The lowest BCUT2D eigenvalue weighted by molar-refractivity contribution is -0.158. The van der Waals surface area contributed by atoms with Crippen LogP contribution in [0, 0.1) is 0 Å². The molecule has 6 heteroatoms. The van der Waals surface area contributed by atoms with Gasteiger partial charge < -0.3 is 19.5 Å². The Morgan fingerprint density at radius 1 is 1.06 bits per heavy atom. The number of rotatable bonds is 7. The fourth-order valence-corrected chi connectivity index (χ4v) is 5.40. The Morgan fingerprint density at radius 3 is 2.73 bits per heavy atom. The Labute approximate surface area is 194 Å². The summed E-state index contributed by atoms with van der Waals surface area (Å²) in [5.74, 6) is 0.808. The highest BCUT2D eigenvalue weighted by Gasteiger charge is 2.48. The number of hydrogen-bond acceptors (Lipinski definition) is 3. The first kappa shape index (κ1) is 21.6. The van der Waals surface area contributed by atoms with E-state index in [2.05, 4.69) is 24.0 Å². The number of nitrogens with one attached hydrogen (secondary N) is 1. The van der Waals surface area contributed by atoms with Gasteiger partial charge in [0.05, 0.1) is 19.7 Å². The van der Waals surface area contributed by atoms with Crippen LogP contribution in [-0.2, 0) is 16.0 Å². The van der Waals surface area contributed by atoms with Crippen LogP contribution < -0.4 is 4.74 Å². The van der Waals surface area contributed by atoms with Gasteiger partial charge in [0.25, 0.3) is 0 Å². The minimum absolute atomic E-state index is 0.00668. The van der Waals surface area contributed by atoms with Crippen LogP contribution in [0.1, 0.15) is 55.5 Å². The molecule has 2 amide bonds. The number of aromatic nitrogens is 1. The maximum absolute atomic E-state index is 13.6. The number of benzene rings is 2. The Kier molecular flexibility index (Phi) is 5.83. The SMILES string of the molecule is CCCCCCN1CC(=O)N2C(c3cccc(OC)c3)c3[nH]c4ccccc4c3C[C@H]2C1=O. The molecule has 0 spiro atoms. The summed E-state index contributed by atoms with van der Waals surface area (Å²) in [6, 6.07) is 15.2. The summed E-state index contributed by atoms with van der Waals surface area (Å²) in [5, 5.41) is 1.13. The van der Waals surface area contributed by atoms with Crippen LogP contribution in [0.5, 0.6) is 5.75 Å². The lowest BCUT2D eigenvalue weighted by Crippen LogP contribution is -2.63. The number of piperazine rings is 1. The van der Waals surface area contributed by atoms with E-state index in [0.29, 0.717) is 13.0 Å². The monoisotopic (exact) mass is 445 g/mol. The molecule has 1 N–H and O–H groups in total. The zero-order valence-electron chi connectivity index (χ0n) is 19.3. The van der Waals surface area contributed by atoms with Gasteiger partial charge in [-0.25, -0.2) is 0 Å². The van der Waals surface area contributed by atoms with Gasteiger partial charge in [0.2, 0.25) is 11.8 Å². The van der Waals surface area contributed by atoms with Crippen molar-refractivity contribution in [3.05, 3.63) is 65.4 Å². The number of para-hydroxylation sites is 1. The molecule has 33 heavy (non-hydrogen) atoms. The van der Waals surface area contributed by atoms with Gasteiger partial charge in [-0.05, 0) is 35.7 Å². The van der Waals surface area contributed by atoms with E-state index in [-0.39, 0.29) is 24.4 Å². The molecular formula is C27H31N3O3. The van der Waals surface area contributed by atoms with Crippen molar-refractivity contribution in [1.29, 1.82) is 0 Å². The van der Waals surface area contributed by atoms with Crippen LogP contribution in [0.25, 0.3) is 10.9 Å². The molecule has 0 radical (unpaired) electrons. The maximum Gasteiger partial charge on any atom is 0.246 e. The first-order chi connectivity index (χ1) is 16.1. The van der Waals surface area contributed by atoms with Crippen LogP contribution in [-0.4, -0.2) is 52.8 Å². The van der Waals surface area contributed by atoms with Crippen molar-refractivity contribution in [2.45, 2.75) is 51.1 Å². The van der Waals surface area contributed by atoms with Crippen LogP contribution in [0.4, 0.5) is 0 Å². The second kappa shape index (κ2) is 8.93. The summed E-state index contributed by atoms with van der Waals surface area (Å²) in [7, 11) is 1.64. The minimum Gasteiger partial charge on any atom is -0.497 e. The number of methoxy groups -OCH3 is 1. The molecule has 0 saturated carbocycles. The number of fused-ring (bicyclic) bond motifs is 4. The lowest BCUT2D eigenvalue weighted by atomic mass is 9.86. The van der Waals surface area contributed by atoms with Crippen molar-refractivity contribution >= 4 is 22.7 Å². The third-order valence-corrected chi connectivity index (χ3v) is 7.03. The van der Waals surface area contributed by atoms with Crippen LogP contribution in [0.15, 0.2) is 48.5 Å². The number of hydrogen-bond donors (Lipinski definition) is 1. The summed E-state index contributed by atoms with van der Waals surface area (Å²) >= 11 is 0. The Morgan fingerprint density at radius 2 is 1.91 bits per heavy atom. The van der Waals surface area contributed by atoms with E-state index in [4.69, 9.17) is 4.74 Å². The van der Waals surface area contributed by atoms with E-state index in [9.17, 15) is 9.59 Å². The van der Waals surface area contributed by atoms with Gasteiger partial charge in [-0.3, -0.25) is 9.59 Å². The average Bonchev–Trinajstić information content (AvgIpc) is 3.22. The van der Waals surface area contributed by atoms with Gasteiger partial charge in [-0.15, -0.1) is 0 Å². The van der Waals surface area contributed by atoms with Gasteiger partial charge in [0, 0.05) is 29.6 Å². The van der Waals surface area contributed by atoms with E-state index >= 15 is 0 Å². The Balaban J connectivity index is 1.57. The predicted octanol–water partition coefficient (Wildman–Crippen LogP) is 4.44. The third kappa shape index (κ3) is 3.77. The molecule has 2 aromatic carbocycles. The quantitative estimate of drug-likeness (QED) is 0.547. The summed E-state index contributed by atoms with van der Waals surface area (Å²) in [6.07, 6.45) is 4.87. The first-order valence-corrected chi connectivity index (χ1v) is 12.0. The fraction of sp³-hybridized carbons (Fsp3) is 0.407. The molecule has 1 fully saturated rings. The summed E-state index contributed by atoms with van der Waals surface area (Å²) in [6.45, 7) is 2.98. The predicted molar refractivity (Wildman–Crippen MR) is 128 cm³/mol. The van der Waals surface area contributed by atoms with Crippen molar-refractivity contribution in [2.75, 3.05) is 20.2 Å². The van der Waals surface area contributed by atoms with Crippen molar-refractivity contribution in [3.63, 3.8) is 0 Å². The number of aromatic amines is 1. The molecule has 6 nitrogen and oxygen atoms in total. The fourth-order valence-electron chi connectivity index (χ4n) is 5.40. The van der Waals surface area contributed by atoms with Crippen LogP contribution in [0.2, 0.25) is 0 Å². The molecular weight excluding hydrogens is 414 g/mol. The van der Waals surface area contributed by atoms with Crippen LogP contribution in [0.3, 0.4) is 0 Å². The molecule has 5 rings (SSSR count). The maximum atomic E-state index is 13.6. The zero-order chi connectivity index (χ0) is 22.9. The molecule has 1 saturated heterocycles. The number of ether oxygens (including phenoxy) is 1. The molecule has 1 aromatic heterocycles. The van der Waals surface area contributed by atoms with Gasteiger partial charge in [0.15, 0.2) is 0 Å². The number of carbonyl (C=O) groups excluding carboxylic acids is 2. The topological polar surface area (TPSA) is 65.6 Å². The molecule has 2 aliphatic rings. The van der Waals surface area contributed by atoms with E-state index in [1.54, 1.807) is 12.0 Å². The second-order valence-corrected chi connectivity index (χ2v) is 9.08. The number of nitrogens with zero attached hydrogens (tertiary/aromatic N) is 2. The summed E-state index contributed by atoms with van der Waals surface area (Å²) in [4.78, 5) is 34.3. The zero-order valence-corrected chi connectivity index (χ0v) is 19.3. The highest BCUT2D eigenvalue weighted by Crippen LogP contribution is 2.43. The molecule has 0 bridgehead atoms. The smallest absolute Gasteiger partial charge is 0.246 e. The third-order valence-electron chi connectivity index (χ3n) is 7.03. The van der Waals surface area contributed by atoms with Crippen LogP contribution >= 0.6 is 0 Å². The normalized spacial score (nSPS) is 20.2. The van der Waals surface area contributed by atoms with Gasteiger partial charge in [0.1, 0.15) is 11.8 Å². The molecule has 2 atom stereocenters. The number of unbranched alkanes of at least 4 members (excludes halogenated alkanes) is 3. The highest BCUT2D eigenvalue weighted by molar-refractivity contribution is 5.97. The Hall–Kier alpha value is -3.28. The Bertz CT molecular complexity index is 1180. The molecule has 172 valence electrons.